The van der Waals surface area contributed by atoms with E-state index in [0.29, 0.717) is 0 Å². The van der Waals surface area contributed by atoms with Crippen LogP contribution >= 0.6 is 0 Å². The smallest absolute Gasteiger partial charge is 0.292 e. The average Bonchev–Trinajstić information content (AvgIpc) is 2.27. The van der Waals surface area contributed by atoms with Gasteiger partial charge in [0.1, 0.15) is 18.1 Å². The van der Waals surface area contributed by atoms with Crippen LogP contribution in [0.25, 0.3) is 0 Å². The highest BCUT2D eigenvalue weighted by Crippen LogP contribution is 2.24. The number of hydrogen-bond donors (Lipinski definition) is 1. The Hall–Kier alpha value is -1.83. The van der Waals surface area contributed by atoms with Gasteiger partial charge in [-0.2, -0.15) is 0 Å². The van der Waals surface area contributed by atoms with E-state index in [9.17, 15) is 23.3 Å². The van der Waals surface area contributed by atoms with E-state index in [-0.39, 0.29) is 24.5 Å². The number of rotatable bonds is 7. The van der Waals surface area contributed by atoms with Crippen LogP contribution in [0.1, 0.15) is 0 Å². The highest BCUT2D eigenvalue weighted by atomic mass is 19.3. The Morgan fingerprint density at radius 2 is 2.17 bits per heavy atom. The molecule has 0 aliphatic rings. The first-order chi connectivity index (χ1) is 8.50. The molecule has 0 radical (unpaired) electrons. The number of alkyl halides is 2. The van der Waals surface area contributed by atoms with Crippen molar-refractivity contribution in [2.24, 2.45) is 0 Å². The summed E-state index contributed by atoms with van der Waals surface area (Å²) in [7, 11) is 0. The largest absolute Gasteiger partial charge is 0.377 e. The Kier molecular flexibility index (Phi) is 5.37. The molecule has 0 fully saturated rings. The highest BCUT2D eigenvalue weighted by molar-refractivity contribution is 5.61. The predicted molar refractivity (Wildman–Crippen MR) is 58.4 cm³/mol. The van der Waals surface area contributed by atoms with E-state index in [2.05, 4.69) is 10.1 Å². The van der Waals surface area contributed by atoms with Gasteiger partial charge >= 0.3 is 0 Å². The molecule has 0 unspecified atom stereocenters. The summed E-state index contributed by atoms with van der Waals surface area (Å²) in [5, 5.41) is 13.2. The maximum Gasteiger partial charge on any atom is 0.292 e. The lowest BCUT2D eigenvalue weighted by Gasteiger charge is -2.07. The maximum absolute atomic E-state index is 12.9. The van der Waals surface area contributed by atoms with Gasteiger partial charge in [-0.3, -0.25) is 10.1 Å². The first kappa shape index (κ1) is 14.2. The van der Waals surface area contributed by atoms with Crippen molar-refractivity contribution in [3.8, 4) is 0 Å². The van der Waals surface area contributed by atoms with Crippen LogP contribution in [0.2, 0.25) is 0 Å². The van der Waals surface area contributed by atoms with Crippen LogP contribution < -0.4 is 5.32 Å². The highest BCUT2D eigenvalue weighted by Gasteiger charge is 2.13. The molecule has 0 saturated heterocycles. The van der Waals surface area contributed by atoms with Crippen LogP contribution in [0.4, 0.5) is 24.5 Å². The molecule has 0 saturated carbocycles. The van der Waals surface area contributed by atoms with E-state index in [1.165, 1.54) is 0 Å². The van der Waals surface area contributed by atoms with Crippen LogP contribution in [0.5, 0.6) is 0 Å². The van der Waals surface area contributed by atoms with Gasteiger partial charge in [-0.1, -0.05) is 0 Å². The molecule has 1 rings (SSSR count). The number of nitrogens with one attached hydrogen (secondary N) is 1. The van der Waals surface area contributed by atoms with E-state index >= 15 is 0 Å². The molecular weight excluding hydrogens is 253 g/mol. The van der Waals surface area contributed by atoms with E-state index in [1.54, 1.807) is 0 Å². The lowest BCUT2D eigenvalue weighted by molar-refractivity contribution is -0.384. The van der Waals surface area contributed by atoms with Gasteiger partial charge < -0.3 is 10.1 Å². The van der Waals surface area contributed by atoms with Crippen molar-refractivity contribution in [3.05, 3.63) is 34.1 Å². The minimum atomic E-state index is -2.56. The summed E-state index contributed by atoms with van der Waals surface area (Å²) in [4.78, 5) is 9.96. The number of ether oxygens (including phenoxy) is 1. The molecule has 0 amide bonds. The number of nitro benzene ring substituents is 1. The SMILES string of the molecule is O=[N+]([O-])c1ccc(F)cc1NCCOCC(F)F. The van der Waals surface area contributed by atoms with Gasteiger partial charge in [-0.25, -0.2) is 13.2 Å². The molecule has 8 heteroatoms. The fraction of sp³-hybridized carbons (Fsp3) is 0.400. The molecule has 0 bridgehead atoms. The van der Waals surface area contributed by atoms with Crippen molar-refractivity contribution in [2.75, 3.05) is 25.1 Å². The number of halogens is 3. The number of nitrogens with zero attached hydrogens (tertiary/aromatic N) is 1. The lowest BCUT2D eigenvalue weighted by Crippen LogP contribution is -2.13. The van der Waals surface area contributed by atoms with Gasteiger partial charge in [0.15, 0.2) is 0 Å². The zero-order valence-electron chi connectivity index (χ0n) is 9.24. The molecule has 1 N–H and O–H groups in total. The van der Waals surface area contributed by atoms with Crippen molar-refractivity contribution >= 4 is 11.4 Å². The summed E-state index contributed by atoms with van der Waals surface area (Å²) in [5.41, 5.74) is -0.300. The molecule has 0 aromatic heterocycles. The second kappa shape index (κ2) is 6.80. The van der Waals surface area contributed by atoms with Crippen molar-refractivity contribution < 1.29 is 22.8 Å². The first-order valence-corrected chi connectivity index (χ1v) is 5.04. The Labute approximate surface area is 101 Å². The monoisotopic (exact) mass is 264 g/mol. The summed E-state index contributed by atoms with van der Waals surface area (Å²) >= 11 is 0. The second-order valence-corrected chi connectivity index (χ2v) is 3.31. The summed E-state index contributed by atoms with van der Waals surface area (Å²) in [6, 6.07) is 2.96. The molecule has 0 heterocycles. The van der Waals surface area contributed by atoms with Crippen LogP contribution in [-0.4, -0.2) is 31.1 Å². The van der Waals surface area contributed by atoms with Crippen molar-refractivity contribution in [1.82, 2.24) is 0 Å². The molecule has 5 nitrogen and oxygen atoms in total. The van der Waals surface area contributed by atoms with Gasteiger partial charge in [0.2, 0.25) is 0 Å². The Morgan fingerprint density at radius 1 is 1.44 bits per heavy atom. The topological polar surface area (TPSA) is 64.4 Å². The Bertz CT molecular complexity index is 415. The van der Waals surface area contributed by atoms with Crippen LogP contribution in [0.15, 0.2) is 18.2 Å². The first-order valence-electron chi connectivity index (χ1n) is 5.04. The Balaban J connectivity index is 2.50. The predicted octanol–water partition coefficient (Wildman–Crippen LogP) is 2.43. The van der Waals surface area contributed by atoms with Gasteiger partial charge in [0.05, 0.1) is 11.5 Å². The normalized spacial score (nSPS) is 10.7. The van der Waals surface area contributed by atoms with Crippen molar-refractivity contribution in [2.45, 2.75) is 6.43 Å². The molecule has 100 valence electrons. The molecule has 0 aliphatic heterocycles. The number of anilines is 1. The maximum atomic E-state index is 12.9. The van der Waals surface area contributed by atoms with Gasteiger partial charge in [0.25, 0.3) is 12.1 Å². The van der Waals surface area contributed by atoms with Gasteiger partial charge in [-0.15, -0.1) is 0 Å². The van der Waals surface area contributed by atoms with E-state index in [4.69, 9.17) is 0 Å². The quantitative estimate of drug-likeness (QED) is 0.466. The number of hydrogen-bond acceptors (Lipinski definition) is 4. The molecular formula is C10H11F3N2O3. The van der Waals surface area contributed by atoms with Crippen molar-refractivity contribution in [1.29, 1.82) is 0 Å². The minimum Gasteiger partial charge on any atom is -0.377 e. The van der Waals surface area contributed by atoms with Crippen LogP contribution in [0, 0.1) is 15.9 Å². The Morgan fingerprint density at radius 3 is 2.78 bits per heavy atom. The summed E-state index contributed by atoms with van der Waals surface area (Å²) in [6.07, 6.45) is -2.56. The van der Waals surface area contributed by atoms with Crippen molar-refractivity contribution in [3.63, 3.8) is 0 Å². The zero-order valence-corrected chi connectivity index (χ0v) is 9.24. The fourth-order valence-corrected chi connectivity index (χ4v) is 1.24. The van der Waals surface area contributed by atoms with Gasteiger partial charge in [-0.05, 0) is 6.07 Å². The van der Waals surface area contributed by atoms with E-state index < -0.39 is 23.8 Å². The van der Waals surface area contributed by atoms with E-state index in [1.807, 2.05) is 0 Å². The molecule has 1 aromatic rings. The third-order valence-electron chi connectivity index (χ3n) is 1.96. The molecule has 0 spiro atoms. The minimum absolute atomic E-state index is 0.0133. The third-order valence-corrected chi connectivity index (χ3v) is 1.96. The summed E-state index contributed by atoms with van der Waals surface area (Å²) in [6.45, 7) is -0.693. The molecule has 0 atom stereocenters. The summed E-state index contributed by atoms with van der Waals surface area (Å²) < 4.78 is 40.9. The van der Waals surface area contributed by atoms with Crippen LogP contribution in [0.3, 0.4) is 0 Å². The second-order valence-electron chi connectivity index (χ2n) is 3.31. The number of benzene rings is 1. The molecule has 0 aliphatic carbocycles. The lowest BCUT2D eigenvalue weighted by atomic mass is 10.2. The van der Waals surface area contributed by atoms with Gasteiger partial charge in [0, 0.05) is 18.7 Å². The van der Waals surface area contributed by atoms with E-state index in [0.717, 1.165) is 18.2 Å². The number of nitro groups is 1. The zero-order chi connectivity index (χ0) is 13.5. The molecule has 18 heavy (non-hydrogen) atoms. The standard InChI is InChI=1S/C10H11F3N2O3/c11-7-1-2-9(15(16)17)8(5-7)14-3-4-18-6-10(12)13/h1-2,5,10,14H,3-4,6H2. The molecule has 1 aromatic carbocycles. The summed E-state index contributed by atoms with van der Waals surface area (Å²) in [5.74, 6) is -0.628. The average molecular weight is 264 g/mol. The fourth-order valence-electron chi connectivity index (χ4n) is 1.24. The third kappa shape index (κ3) is 4.58. The van der Waals surface area contributed by atoms with Crippen LogP contribution in [-0.2, 0) is 4.74 Å².